The molecule has 6 N–H and O–H groups in total. The minimum absolute atomic E-state index is 0.172. The molecular weight excluding hydrogens is 1210 g/mol. The smallest absolute Gasteiger partial charge is 0.313 e. The number of allylic oxidation sites excluding steroid dienone is 5. The number of carbonyl (C=O) groups excluding carboxylic acids is 2. The Balaban J connectivity index is -0.000000273. The summed E-state index contributed by atoms with van der Waals surface area (Å²) in [6.07, 6.45) is 77.2. The molecule has 0 aromatic heterocycles. The molecule has 0 amide bonds. The molecule has 0 aliphatic carbocycles. The Morgan fingerprint density at radius 3 is 0.802 bits per heavy atom. The van der Waals surface area contributed by atoms with Gasteiger partial charge in [-0.25, -0.2) is 0 Å². The number of carboxylic acids is 5. The Kier molecular flexibility index (Phi) is 99.2. The number of aliphatic hydroxyl groups is 1. The van der Waals surface area contributed by atoms with Gasteiger partial charge in [0.2, 0.25) is 0 Å². The number of aliphatic carboxylic acids is 5. The van der Waals surface area contributed by atoms with E-state index in [1.807, 2.05) is 0 Å². The number of unbranched alkanes of at least 4 members (excludes halogenated alkanes) is 41. The minimum Gasteiger partial charge on any atom is -0.481 e. The van der Waals surface area contributed by atoms with Crippen LogP contribution in [-0.4, -0.2) is 78.5 Å². The van der Waals surface area contributed by atoms with Crippen LogP contribution >= 0.6 is 0 Å². The van der Waals surface area contributed by atoms with E-state index in [0.717, 1.165) is 148 Å². The van der Waals surface area contributed by atoms with Gasteiger partial charge in [0.1, 0.15) is 0 Å². The topological polar surface area (TPSA) is 250 Å². The number of hydrogen-bond acceptors (Lipinski definition) is 9. The first-order valence-electron chi connectivity index (χ1n) is 39.7. The summed E-state index contributed by atoms with van der Waals surface area (Å²) in [5.74, 6) is -3.43. The average molecular weight is 1370 g/mol. The molecular formula is C82H156O14. The van der Waals surface area contributed by atoms with E-state index in [1.165, 1.54) is 205 Å². The fourth-order valence-corrected chi connectivity index (χ4v) is 10.3. The fourth-order valence-electron chi connectivity index (χ4n) is 10.3. The maximum Gasteiger partial charge on any atom is 0.313 e. The van der Waals surface area contributed by atoms with Gasteiger partial charge < -0.3 is 35.4 Å². The Hall–Kier alpha value is -4.33. The molecule has 0 aliphatic heterocycles. The molecule has 0 aromatic carbocycles. The molecule has 0 unspecified atom stereocenters. The number of aliphatic hydroxyl groups excluding tert-OH is 1. The summed E-state index contributed by atoms with van der Waals surface area (Å²) in [5.41, 5.74) is 0. The predicted octanol–water partition coefficient (Wildman–Crippen LogP) is 25.2. The van der Waals surface area contributed by atoms with Crippen LogP contribution in [0, 0.1) is 5.92 Å². The van der Waals surface area contributed by atoms with Crippen molar-refractivity contribution >= 4 is 41.8 Å². The zero-order chi connectivity index (χ0) is 72.9. The first-order chi connectivity index (χ1) is 46.3. The molecule has 14 nitrogen and oxygen atoms in total. The van der Waals surface area contributed by atoms with Gasteiger partial charge in [0, 0.05) is 45.4 Å². The summed E-state index contributed by atoms with van der Waals surface area (Å²) in [7, 11) is 0. The summed E-state index contributed by atoms with van der Waals surface area (Å²) < 4.78 is 4.92. The van der Waals surface area contributed by atoms with Gasteiger partial charge in [-0.15, -0.1) is 0 Å². The van der Waals surface area contributed by atoms with Gasteiger partial charge in [-0.3, -0.25) is 33.6 Å². The summed E-state index contributed by atoms with van der Waals surface area (Å²) in [5, 5.41) is 50.8. The predicted molar refractivity (Wildman–Crippen MR) is 404 cm³/mol. The largest absolute Gasteiger partial charge is 0.481 e. The summed E-state index contributed by atoms with van der Waals surface area (Å²) >= 11 is 0. The van der Waals surface area contributed by atoms with Crippen LogP contribution in [0.25, 0.3) is 0 Å². The second-order valence-corrected chi connectivity index (χ2v) is 26.8. The van der Waals surface area contributed by atoms with Gasteiger partial charge in [-0.2, -0.15) is 0 Å². The van der Waals surface area contributed by atoms with Crippen molar-refractivity contribution < 1.29 is 68.9 Å². The van der Waals surface area contributed by atoms with Gasteiger partial charge >= 0.3 is 35.8 Å². The van der Waals surface area contributed by atoms with E-state index >= 15 is 0 Å². The number of carboxylic acid groups (broad SMARTS) is 5. The highest BCUT2D eigenvalue weighted by Crippen LogP contribution is 2.16. The monoisotopic (exact) mass is 1370 g/mol. The maximum atomic E-state index is 11.7. The maximum absolute atomic E-state index is 11.7. The Morgan fingerprint density at radius 1 is 0.292 bits per heavy atom. The lowest BCUT2D eigenvalue weighted by atomic mass is 10.0. The zero-order valence-corrected chi connectivity index (χ0v) is 63.8. The summed E-state index contributed by atoms with van der Waals surface area (Å²) in [6.45, 7) is 16.6. The van der Waals surface area contributed by atoms with Crippen LogP contribution in [0.4, 0.5) is 0 Å². The molecule has 0 aliphatic rings. The Morgan fingerprint density at radius 2 is 0.510 bits per heavy atom. The molecule has 568 valence electrons. The van der Waals surface area contributed by atoms with E-state index in [-0.39, 0.29) is 18.0 Å². The van der Waals surface area contributed by atoms with Crippen LogP contribution in [0.1, 0.15) is 434 Å². The van der Waals surface area contributed by atoms with E-state index in [2.05, 4.69) is 84.9 Å². The van der Waals surface area contributed by atoms with Gasteiger partial charge in [0.05, 0.1) is 6.10 Å². The van der Waals surface area contributed by atoms with Crippen molar-refractivity contribution in [3.05, 3.63) is 36.5 Å². The lowest BCUT2D eigenvalue weighted by molar-refractivity contribution is -0.160. The molecule has 14 heteroatoms. The highest BCUT2D eigenvalue weighted by Gasteiger charge is 2.10. The van der Waals surface area contributed by atoms with Crippen molar-refractivity contribution in [2.24, 2.45) is 5.92 Å². The molecule has 0 saturated carbocycles. The van der Waals surface area contributed by atoms with Gasteiger partial charge in [0.25, 0.3) is 5.97 Å². The van der Waals surface area contributed by atoms with E-state index in [0.29, 0.717) is 38.5 Å². The third kappa shape index (κ3) is 123. The lowest BCUT2D eigenvalue weighted by Gasteiger charge is -2.07. The van der Waals surface area contributed by atoms with Crippen molar-refractivity contribution in [2.75, 3.05) is 0 Å². The van der Waals surface area contributed by atoms with Gasteiger partial charge in [-0.05, 0) is 102 Å². The van der Waals surface area contributed by atoms with Crippen LogP contribution in [0.5, 0.6) is 0 Å². The van der Waals surface area contributed by atoms with Crippen LogP contribution < -0.4 is 0 Å². The van der Waals surface area contributed by atoms with Gasteiger partial charge in [0.15, 0.2) is 0 Å². The third-order valence-electron chi connectivity index (χ3n) is 16.2. The summed E-state index contributed by atoms with van der Waals surface area (Å²) in [4.78, 5) is 73.2. The molecule has 0 bridgehead atoms. The molecule has 0 rings (SSSR count). The number of rotatable bonds is 64. The highest BCUT2D eigenvalue weighted by atomic mass is 16.6. The number of hydrogen-bond donors (Lipinski definition) is 6. The van der Waals surface area contributed by atoms with E-state index in [9.17, 15) is 33.9 Å². The Bertz CT molecular complexity index is 1720. The van der Waals surface area contributed by atoms with E-state index < -0.39 is 29.8 Å². The highest BCUT2D eigenvalue weighted by molar-refractivity contribution is 5.85. The molecule has 0 spiro atoms. The standard InChI is InChI=1S/C28H50O3.C18H34O3.C16H32O2.C10H20O2.C8H16O2.C2H4O2/c1-3-5-7-9-11-12-13-14-15-16-17-18-20-22-24-26-28(30)31-27(29)25-23-21-19-10-8-6-4-2;1-2-3-4-11-14-17(19)15-12-9-7-5-6-8-10-13-16-18(20)21;1-2-3-4-5-6-7-8-9-10-11-12-13-14-15-16(17)18;1-9(2)7-5-3-4-6-8-10(11)12;1-2-3-4-5-6-7-8(9)10;1-2(3)4/h11-12,14-15H,3-10,13,16-26H2,1-2H3;9,12,17,19H,2-8,10-11,13-16H2,1H3,(H,20,21);2-15H2,1H3,(H,17,18);9H,3-8H2,1-2H3,(H,11,12);2-7H2,1H3,(H,9,10);1H3,(H,3,4)/b12-11-,15-14-;12-9-;;;;/t;17-;;;;/m.1..../s1. The van der Waals surface area contributed by atoms with Crippen LogP contribution in [0.2, 0.25) is 0 Å². The molecule has 1 atom stereocenters. The van der Waals surface area contributed by atoms with Gasteiger partial charge in [-0.1, -0.05) is 329 Å². The molecule has 0 heterocycles. The second kappa shape index (κ2) is 92.7. The number of carbonyl (C=O) groups is 7. The van der Waals surface area contributed by atoms with Crippen LogP contribution in [0.3, 0.4) is 0 Å². The normalized spacial score (nSPS) is 11.1. The van der Waals surface area contributed by atoms with E-state index in [4.69, 9.17) is 35.1 Å². The molecule has 0 aromatic rings. The first kappa shape index (κ1) is 103. The van der Waals surface area contributed by atoms with Crippen LogP contribution in [-0.2, 0) is 38.3 Å². The number of esters is 2. The van der Waals surface area contributed by atoms with Crippen molar-refractivity contribution in [3.63, 3.8) is 0 Å². The van der Waals surface area contributed by atoms with Crippen molar-refractivity contribution in [1.82, 2.24) is 0 Å². The quantitative estimate of drug-likeness (QED) is 0.0143. The molecule has 96 heavy (non-hydrogen) atoms. The zero-order valence-electron chi connectivity index (χ0n) is 63.8. The molecule has 0 fully saturated rings. The summed E-state index contributed by atoms with van der Waals surface area (Å²) in [6, 6.07) is 0. The van der Waals surface area contributed by atoms with Crippen molar-refractivity contribution in [3.8, 4) is 0 Å². The van der Waals surface area contributed by atoms with E-state index in [1.54, 1.807) is 0 Å². The number of ether oxygens (including phenoxy) is 1. The SMILES string of the molecule is CC(=O)O.CC(C)CCCCCCC(=O)O.CCCCC/C=C\C/C=C\CCCCCCCC(=O)OC(=O)CCCCCCCCC.CCCCCCCC(=O)O.CCCCCCCCCCCCCCCC(=O)O.CCCCCC[C@@H](O)C/C=C\CCCCCCCC(=O)O. The Labute approximate surface area is 590 Å². The molecule has 0 radical (unpaired) electrons. The second-order valence-electron chi connectivity index (χ2n) is 26.8. The lowest BCUT2D eigenvalue weighted by Crippen LogP contribution is -2.11. The molecule has 0 saturated heterocycles. The minimum atomic E-state index is -0.833. The van der Waals surface area contributed by atoms with Crippen molar-refractivity contribution in [2.45, 2.75) is 440 Å². The fraction of sp³-hybridized carbons (Fsp3) is 0.841. The third-order valence-corrected chi connectivity index (χ3v) is 16.2. The first-order valence-corrected chi connectivity index (χ1v) is 39.7. The van der Waals surface area contributed by atoms with Crippen LogP contribution in [0.15, 0.2) is 36.5 Å². The van der Waals surface area contributed by atoms with Crippen molar-refractivity contribution in [1.29, 1.82) is 0 Å². The average Bonchev–Trinajstić information content (AvgIpc) is 3.75.